The molecule has 1 heterocycles. The van der Waals surface area contributed by atoms with Gasteiger partial charge in [0.15, 0.2) is 0 Å². The number of fused-ring (bicyclic) bond motifs is 1. The molecule has 0 aromatic heterocycles. The molecule has 2 rings (SSSR count). The van der Waals surface area contributed by atoms with E-state index in [0.717, 1.165) is 6.07 Å². The molecule has 0 bridgehead atoms. The molecule has 0 spiro atoms. The SMILES string of the molecule is CCNC(=O)CCN1C(=O)C(=O)c2cc(F)ccc21. The van der Waals surface area contributed by atoms with Crippen LogP contribution in [0.5, 0.6) is 0 Å². The van der Waals surface area contributed by atoms with E-state index in [1.54, 1.807) is 6.92 Å². The summed E-state index contributed by atoms with van der Waals surface area (Å²) in [4.78, 5) is 36.0. The Morgan fingerprint density at radius 2 is 2.11 bits per heavy atom. The molecule has 1 aromatic carbocycles. The second-order valence-electron chi connectivity index (χ2n) is 4.15. The Kier molecular flexibility index (Phi) is 3.59. The van der Waals surface area contributed by atoms with Gasteiger partial charge in [-0.15, -0.1) is 0 Å². The highest BCUT2D eigenvalue weighted by Crippen LogP contribution is 2.29. The molecule has 19 heavy (non-hydrogen) atoms. The molecule has 6 heteroatoms. The second kappa shape index (κ2) is 5.17. The Labute approximate surface area is 109 Å². The van der Waals surface area contributed by atoms with Gasteiger partial charge >= 0.3 is 0 Å². The molecule has 0 atom stereocenters. The number of halogens is 1. The van der Waals surface area contributed by atoms with Crippen molar-refractivity contribution >= 4 is 23.3 Å². The van der Waals surface area contributed by atoms with E-state index in [-0.39, 0.29) is 24.4 Å². The number of carbonyl (C=O) groups excluding carboxylic acids is 3. The van der Waals surface area contributed by atoms with Gasteiger partial charge in [0.05, 0.1) is 11.3 Å². The minimum absolute atomic E-state index is 0.0564. The first-order valence-electron chi connectivity index (χ1n) is 5.97. The molecule has 1 N–H and O–H groups in total. The molecule has 0 saturated carbocycles. The largest absolute Gasteiger partial charge is 0.356 e. The predicted molar refractivity (Wildman–Crippen MR) is 66.4 cm³/mol. The number of benzene rings is 1. The standard InChI is InChI=1S/C13H13FN2O3/c1-2-15-11(17)5-6-16-10-4-3-8(14)7-9(10)12(18)13(16)19/h3-4,7H,2,5-6H2,1H3,(H,15,17). The van der Waals surface area contributed by atoms with E-state index in [1.165, 1.54) is 17.0 Å². The first-order valence-corrected chi connectivity index (χ1v) is 5.97. The van der Waals surface area contributed by atoms with Gasteiger partial charge in [0.2, 0.25) is 5.91 Å². The number of hydrogen-bond donors (Lipinski definition) is 1. The number of ketones is 1. The van der Waals surface area contributed by atoms with Crippen molar-refractivity contribution in [3.63, 3.8) is 0 Å². The number of nitrogens with zero attached hydrogens (tertiary/aromatic N) is 1. The van der Waals surface area contributed by atoms with Crippen LogP contribution in [0.2, 0.25) is 0 Å². The molecule has 100 valence electrons. The first-order chi connectivity index (χ1) is 9.04. The van der Waals surface area contributed by atoms with E-state index in [4.69, 9.17) is 0 Å². The van der Waals surface area contributed by atoms with Crippen molar-refractivity contribution in [2.24, 2.45) is 0 Å². The number of amides is 2. The van der Waals surface area contributed by atoms with E-state index < -0.39 is 17.5 Å². The summed E-state index contributed by atoms with van der Waals surface area (Å²) in [6.45, 7) is 2.41. The molecule has 2 amide bonds. The smallest absolute Gasteiger partial charge is 0.299 e. The Morgan fingerprint density at radius 3 is 2.79 bits per heavy atom. The Bertz CT molecular complexity index is 557. The van der Waals surface area contributed by atoms with E-state index >= 15 is 0 Å². The summed E-state index contributed by atoms with van der Waals surface area (Å²) in [6.07, 6.45) is 0.101. The zero-order valence-electron chi connectivity index (χ0n) is 10.4. The van der Waals surface area contributed by atoms with Gasteiger partial charge in [-0.2, -0.15) is 0 Å². The highest BCUT2D eigenvalue weighted by molar-refractivity contribution is 6.52. The lowest BCUT2D eigenvalue weighted by Crippen LogP contribution is -2.34. The zero-order valence-corrected chi connectivity index (χ0v) is 10.4. The highest BCUT2D eigenvalue weighted by atomic mass is 19.1. The van der Waals surface area contributed by atoms with Crippen LogP contribution in [-0.2, 0) is 9.59 Å². The van der Waals surface area contributed by atoms with Crippen LogP contribution in [0.4, 0.5) is 10.1 Å². The number of Topliss-reactive ketones (excluding diaryl/α,β-unsaturated/α-hetero) is 1. The number of hydrogen-bond acceptors (Lipinski definition) is 3. The van der Waals surface area contributed by atoms with Crippen LogP contribution in [0, 0.1) is 5.82 Å². The fraction of sp³-hybridized carbons (Fsp3) is 0.308. The Balaban J connectivity index is 2.17. The van der Waals surface area contributed by atoms with Crippen LogP contribution < -0.4 is 10.2 Å². The fourth-order valence-electron chi connectivity index (χ4n) is 1.99. The minimum atomic E-state index is -0.731. The lowest BCUT2D eigenvalue weighted by Gasteiger charge is -2.15. The summed E-state index contributed by atoms with van der Waals surface area (Å²) in [7, 11) is 0. The molecule has 1 aromatic rings. The summed E-state index contributed by atoms with van der Waals surface area (Å²) >= 11 is 0. The van der Waals surface area contributed by atoms with Gasteiger partial charge in [-0.1, -0.05) is 0 Å². The van der Waals surface area contributed by atoms with Gasteiger partial charge in [-0.3, -0.25) is 14.4 Å². The molecular formula is C13H13FN2O3. The van der Waals surface area contributed by atoms with Crippen molar-refractivity contribution in [2.75, 3.05) is 18.0 Å². The summed E-state index contributed by atoms with van der Waals surface area (Å²) in [5, 5.41) is 2.61. The minimum Gasteiger partial charge on any atom is -0.356 e. The number of nitrogens with one attached hydrogen (secondary N) is 1. The van der Waals surface area contributed by atoms with Crippen LogP contribution in [-0.4, -0.2) is 30.7 Å². The maximum atomic E-state index is 13.1. The van der Waals surface area contributed by atoms with Crippen molar-refractivity contribution in [1.29, 1.82) is 0 Å². The van der Waals surface area contributed by atoms with E-state index in [9.17, 15) is 18.8 Å². The maximum absolute atomic E-state index is 13.1. The highest BCUT2D eigenvalue weighted by Gasteiger charge is 2.35. The van der Waals surface area contributed by atoms with Crippen molar-refractivity contribution in [1.82, 2.24) is 5.32 Å². The summed E-state index contributed by atoms with van der Waals surface area (Å²) in [6, 6.07) is 3.61. The second-order valence-corrected chi connectivity index (χ2v) is 4.15. The predicted octanol–water partition coefficient (Wildman–Crippen LogP) is 0.881. The van der Waals surface area contributed by atoms with Crippen molar-refractivity contribution in [2.45, 2.75) is 13.3 Å². The maximum Gasteiger partial charge on any atom is 0.299 e. The van der Waals surface area contributed by atoms with Crippen molar-refractivity contribution in [3.8, 4) is 0 Å². The first kappa shape index (κ1) is 13.2. The molecule has 0 fully saturated rings. The zero-order chi connectivity index (χ0) is 14.0. The molecule has 1 aliphatic heterocycles. The number of carbonyl (C=O) groups is 3. The molecule has 5 nitrogen and oxygen atoms in total. The molecule has 0 unspecified atom stereocenters. The van der Waals surface area contributed by atoms with Crippen LogP contribution in [0.25, 0.3) is 0 Å². The third kappa shape index (κ3) is 2.47. The third-order valence-electron chi connectivity index (χ3n) is 2.87. The lowest BCUT2D eigenvalue weighted by molar-refractivity contribution is -0.120. The van der Waals surface area contributed by atoms with Gasteiger partial charge in [-0.25, -0.2) is 4.39 Å². The Hall–Kier alpha value is -2.24. The van der Waals surface area contributed by atoms with Crippen molar-refractivity contribution < 1.29 is 18.8 Å². The quantitative estimate of drug-likeness (QED) is 0.821. The third-order valence-corrected chi connectivity index (χ3v) is 2.87. The van der Waals surface area contributed by atoms with E-state index in [2.05, 4.69) is 5.32 Å². The topological polar surface area (TPSA) is 66.5 Å². The van der Waals surface area contributed by atoms with Gasteiger partial charge in [0.25, 0.3) is 11.7 Å². The summed E-state index contributed by atoms with van der Waals surface area (Å²) in [5.74, 6) is -2.21. The van der Waals surface area contributed by atoms with Crippen LogP contribution in [0.3, 0.4) is 0 Å². The van der Waals surface area contributed by atoms with Crippen LogP contribution in [0.1, 0.15) is 23.7 Å². The lowest BCUT2D eigenvalue weighted by atomic mass is 10.1. The van der Waals surface area contributed by atoms with Crippen molar-refractivity contribution in [3.05, 3.63) is 29.6 Å². The molecule has 1 aliphatic rings. The molecular weight excluding hydrogens is 251 g/mol. The molecule has 0 aliphatic carbocycles. The number of rotatable bonds is 4. The average molecular weight is 264 g/mol. The monoisotopic (exact) mass is 264 g/mol. The van der Waals surface area contributed by atoms with Gasteiger partial charge in [0.1, 0.15) is 5.82 Å². The van der Waals surface area contributed by atoms with Crippen LogP contribution >= 0.6 is 0 Å². The molecule has 0 radical (unpaired) electrons. The van der Waals surface area contributed by atoms with Crippen LogP contribution in [0.15, 0.2) is 18.2 Å². The molecule has 0 saturated heterocycles. The number of anilines is 1. The van der Waals surface area contributed by atoms with Gasteiger partial charge in [0, 0.05) is 19.5 Å². The average Bonchev–Trinajstić information content (AvgIpc) is 2.61. The summed E-state index contributed by atoms with van der Waals surface area (Å²) < 4.78 is 13.1. The van der Waals surface area contributed by atoms with E-state index in [1.807, 2.05) is 0 Å². The normalized spacial score (nSPS) is 13.7. The Morgan fingerprint density at radius 1 is 1.37 bits per heavy atom. The van der Waals surface area contributed by atoms with Gasteiger partial charge in [-0.05, 0) is 25.1 Å². The van der Waals surface area contributed by atoms with Gasteiger partial charge < -0.3 is 10.2 Å². The van der Waals surface area contributed by atoms with E-state index in [0.29, 0.717) is 12.2 Å². The fourth-order valence-corrected chi connectivity index (χ4v) is 1.99. The summed E-state index contributed by atoms with van der Waals surface area (Å²) in [5.41, 5.74) is 0.418.